The molecule has 1 heterocycles. The Balaban J connectivity index is -0.000000705. The van der Waals surface area contributed by atoms with Crippen molar-refractivity contribution in [3.63, 3.8) is 0 Å². The molecule has 1 fully saturated rings. The lowest BCUT2D eigenvalue weighted by Gasteiger charge is -2.25. The van der Waals surface area contributed by atoms with Gasteiger partial charge < -0.3 is 21.9 Å². The van der Waals surface area contributed by atoms with E-state index in [1.807, 2.05) is 62.3 Å². The number of aliphatic hydroxyl groups is 1. The molecule has 1 aromatic rings. The summed E-state index contributed by atoms with van der Waals surface area (Å²) in [4.78, 5) is 15.8. The van der Waals surface area contributed by atoms with Crippen LogP contribution in [0.25, 0.3) is 5.57 Å². The Morgan fingerprint density at radius 2 is 1.78 bits per heavy atom. The van der Waals surface area contributed by atoms with Crippen LogP contribution in [0.3, 0.4) is 0 Å². The molecule has 0 spiro atoms. The fourth-order valence-corrected chi connectivity index (χ4v) is 4.04. The van der Waals surface area contributed by atoms with Crippen LogP contribution in [0.4, 0.5) is 18.0 Å². The van der Waals surface area contributed by atoms with Crippen LogP contribution in [-0.2, 0) is 6.42 Å². The van der Waals surface area contributed by atoms with Crippen molar-refractivity contribution in [2.75, 3.05) is 13.1 Å². The fraction of sp³-hybridized carbons (Fsp3) is 0.613. The minimum Gasteiger partial charge on any atom is -0.390 e. The van der Waals surface area contributed by atoms with Gasteiger partial charge in [0.05, 0.1) is 30.7 Å². The van der Waals surface area contributed by atoms with E-state index in [-0.39, 0.29) is 24.1 Å². The van der Waals surface area contributed by atoms with Crippen LogP contribution >= 0.6 is 0 Å². The van der Waals surface area contributed by atoms with Crippen LogP contribution in [0.15, 0.2) is 29.4 Å². The van der Waals surface area contributed by atoms with Crippen LogP contribution in [0.2, 0.25) is 0 Å². The minimum atomic E-state index is -4.26. The van der Waals surface area contributed by atoms with Crippen molar-refractivity contribution in [3.05, 3.63) is 41.2 Å². The molecule has 0 radical (unpaired) electrons. The number of carbonyl (C=O) groups excluding carboxylic acids is 1. The molecule has 2 rings (SSSR count). The number of nitrogens with one attached hydrogen (secondary N) is 1. The molecule has 1 amide bonds. The quantitative estimate of drug-likeness (QED) is 0.0987. The van der Waals surface area contributed by atoms with E-state index in [4.69, 9.17) is 11.5 Å². The second-order valence-corrected chi connectivity index (χ2v) is 9.72. The lowest BCUT2D eigenvalue weighted by Crippen LogP contribution is -2.29. The van der Waals surface area contributed by atoms with E-state index in [2.05, 4.69) is 29.7 Å². The highest BCUT2D eigenvalue weighted by molar-refractivity contribution is 5.83. The number of aliphatic hydroxyl groups excluding tert-OH is 1. The molecule has 1 aromatic heterocycles. The number of hydrogen-bond acceptors (Lipinski definition) is 4. The number of aryl methyl sites for hydroxylation is 1. The van der Waals surface area contributed by atoms with Gasteiger partial charge in [0.1, 0.15) is 0 Å². The normalized spacial score (nSPS) is 17.0. The van der Waals surface area contributed by atoms with E-state index in [1.54, 1.807) is 12.3 Å². The van der Waals surface area contributed by atoms with Crippen molar-refractivity contribution in [2.24, 2.45) is 21.9 Å². The predicted molar refractivity (Wildman–Crippen MR) is 168 cm³/mol. The second-order valence-electron chi connectivity index (χ2n) is 9.72. The maximum Gasteiger partial charge on any atom is 0.401 e. The summed E-state index contributed by atoms with van der Waals surface area (Å²) in [5, 5.41) is 11.7. The smallest absolute Gasteiger partial charge is 0.390 e. The van der Waals surface area contributed by atoms with Gasteiger partial charge in [-0.05, 0) is 60.3 Å². The highest BCUT2D eigenvalue weighted by atomic mass is 19.4. The van der Waals surface area contributed by atoms with Crippen LogP contribution in [0.5, 0.6) is 0 Å². The number of allylic oxidation sites excluding steroid dienone is 1. The summed E-state index contributed by atoms with van der Waals surface area (Å²) in [6.45, 7) is 20.5. The number of rotatable bonds is 6. The van der Waals surface area contributed by atoms with Crippen LogP contribution in [-0.4, -0.2) is 53.5 Å². The first-order valence-corrected chi connectivity index (χ1v) is 14.0. The summed E-state index contributed by atoms with van der Waals surface area (Å²) < 4.78 is 38.2. The van der Waals surface area contributed by atoms with Gasteiger partial charge in [-0.1, -0.05) is 68.0 Å². The van der Waals surface area contributed by atoms with Crippen molar-refractivity contribution in [3.8, 4) is 12.8 Å². The topological polar surface area (TPSA) is 119 Å². The number of nitrogens with two attached hydrogens (primary N) is 2. The molecule has 41 heavy (non-hydrogen) atoms. The molecule has 6 N–H and O–H groups in total. The number of alkyl halides is 3. The molecule has 1 aliphatic rings. The third-order valence-corrected chi connectivity index (χ3v) is 5.82. The Kier molecular flexibility index (Phi) is 22.4. The fourth-order valence-electron chi connectivity index (χ4n) is 4.04. The number of nitrogens with zero attached hydrogens (tertiary/aromatic N) is 2. The summed E-state index contributed by atoms with van der Waals surface area (Å²) in [6.07, 6.45) is 11.3. The molecule has 1 aliphatic carbocycles. The predicted octanol–water partition coefficient (Wildman–Crippen LogP) is 6.61. The van der Waals surface area contributed by atoms with Gasteiger partial charge in [0.25, 0.3) is 0 Å². The summed E-state index contributed by atoms with van der Waals surface area (Å²) in [5.41, 5.74) is 14.6. The van der Waals surface area contributed by atoms with Crippen molar-refractivity contribution in [2.45, 2.75) is 106 Å². The van der Waals surface area contributed by atoms with Crippen molar-refractivity contribution < 1.29 is 23.1 Å². The molecule has 0 aromatic carbocycles. The van der Waals surface area contributed by atoms with Crippen LogP contribution in [0, 0.1) is 25.2 Å². The third kappa shape index (κ3) is 16.1. The van der Waals surface area contributed by atoms with E-state index in [1.165, 1.54) is 10.9 Å². The van der Waals surface area contributed by atoms with Crippen LogP contribution < -0.4 is 16.8 Å². The number of primary amides is 1. The van der Waals surface area contributed by atoms with Gasteiger partial charge in [0, 0.05) is 12.7 Å². The zero-order valence-electron chi connectivity index (χ0n) is 26.5. The zero-order chi connectivity index (χ0) is 33.0. The van der Waals surface area contributed by atoms with Crippen molar-refractivity contribution >= 4 is 17.9 Å². The zero-order valence-corrected chi connectivity index (χ0v) is 26.5. The van der Waals surface area contributed by atoms with Gasteiger partial charge >= 0.3 is 12.2 Å². The standard InChI is InChI=1S/C17H26F3N3O.C8H14N2O.2C2H6.C2H2/c1-6-12-11(2)9-23(15(21)24)14(12)13(16(3,4)5)7-8-22-10-17(18,19)20;1-6-2-3-7(10-5-9)4-8(6)11;3*1-2/h7,9,22H,6,8,10H2,1-5H3,(H2,21,24);5,7-8,11H,1-4H2,(H2,9,10);2*1-2H3;1-2H/b13-7+;;;;. The van der Waals surface area contributed by atoms with Gasteiger partial charge in [-0.3, -0.25) is 9.56 Å². The summed E-state index contributed by atoms with van der Waals surface area (Å²) >= 11 is 0. The number of terminal acetylenes is 1. The molecule has 0 bridgehead atoms. The molecular formula is C31H54F3N5O2. The first-order valence-electron chi connectivity index (χ1n) is 14.0. The van der Waals surface area contributed by atoms with E-state index in [0.717, 1.165) is 35.1 Å². The molecule has 0 saturated heterocycles. The van der Waals surface area contributed by atoms with Crippen molar-refractivity contribution in [1.29, 1.82) is 0 Å². The van der Waals surface area contributed by atoms with Gasteiger partial charge in [0.2, 0.25) is 0 Å². The largest absolute Gasteiger partial charge is 0.401 e. The Hall–Kier alpha value is -3.03. The highest BCUT2D eigenvalue weighted by Crippen LogP contribution is 2.37. The minimum absolute atomic E-state index is 0.0538. The van der Waals surface area contributed by atoms with Crippen molar-refractivity contribution in [1.82, 2.24) is 9.88 Å². The molecule has 2 atom stereocenters. The number of amides is 1. The van der Waals surface area contributed by atoms with Crippen LogP contribution in [0.1, 0.15) is 91.5 Å². The van der Waals surface area contributed by atoms with Gasteiger partial charge in [-0.2, -0.15) is 13.2 Å². The first kappa shape index (κ1) is 42.4. The summed E-state index contributed by atoms with van der Waals surface area (Å²) in [7, 11) is 0. The summed E-state index contributed by atoms with van der Waals surface area (Å²) in [5.74, 6) is 0. The average molecular weight is 586 g/mol. The molecular weight excluding hydrogens is 531 g/mol. The number of aromatic nitrogens is 1. The highest BCUT2D eigenvalue weighted by Gasteiger charge is 2.28. The number of aliphatic imine (C=N–C) groups is 1. The van der Waals surface area contributed by atoms with E-state index in [0.29, 0.717) is 18.5 Å². The van der Waals surface area contributed by atoms with Gasteiger partial charge in [-0.25, -0.2) is 4.79 Å². The molecule has 236 valence electrons. The van der Waals surface area contributed by atoms with Gasteiger partial charge in [0.15, 0.2) is 0 Å². The molecule has 7 nitrogen and oxygen atoms in total. The monoisotopic (exact) mass is 585 g/mol. The Bertz CT molecular complexity index is 971. The third-order valence-electron chi connectivity index (χ3n) is 5.82. The molecule has 0 aliphatic heterocycles. The Morgan fingerprint density at radius 1 is 1.24 bits per heavy atom. The van der Waals surface area contributed by atoms with E-state index >= 15 is 0 Å². The van der Waals surface area contributed by atoms with Gasteiger partial charge in [-0.15, -0.1) is 12.8 Å². The maximum absolute atomic E-state index is 12.3. The lowest BCUT2D eigenvalue weighted by atomic mass is 9.82. The number of hydrogen-bond donors (Lipinski definition) is 4. The number of carbonyl (C=O) groups is 1. The average Bonchev–Trinajstić information content (AvgIpc) is 3.24. The lowest BCUT2D eigenvalue weighted by molar-refractivity contribution is -0.124. The van der Waals surface area contributed by atoms with E-state index < -0.39 is 18.8 Å². The maximum atomic E-state index is 12.3. The van der Waals surface area contributed by atoms with E-state index in [9.17, 15) is 23.1 Å². The summed E-state index contributed by atoms with van der Waals surface area (Å²) in [6, 6.07) is -0.410. The SMILES string of the molecule is C#C.C=C1CCC(N=CN)CC1O.CC.CC.CCc1c(C)cn(C(N)=O)c1/C(=C\CNCC(F)(F)F)C(C)(C)C. The molecule has 1 saturated carbocycles. The molecule has 2 unspecified atom stereocenters. The first-order chi connectivity index (χ1) is 19.1. The Morgan fingerprint density at radius 3 is 2.17 bits per heavy atom. The molecule has 10 heteroatoms. The number of halogens is 3. The Labute approximate surface area is 246 Å². The second kappa shape index (κ2) is 21.7.